The van der Waals surface area contributed by atoms with Gasteiger partial charge in [0.05, 0.1) is 6.61 Å². The highest BCUT2D eigenvalue weighted by molar-refractivity contribution is 6.00. The van der Waals surface area contributed by atoms with Gasteiger partial charge in [0.2, 0.25) is 5.91 Å². The number of aryl methyl sites for hydroxylation is 3. The van der Waals surface area contributed by atoms with Crippen LogP contribution in [0.1, 0.15) is 61.9 Å². The van der Waals surface area contributed by atoms with Gasteiger partial charge in [-0.2, -0.15) is 0 Å². The first-order valence-corrected chi connectivity index (χ1v) is 12.3. The molecule has 36 heavy (non-hydrogen) atoms. The first-order valence-electron chi connectivity index (χ1n) is 12.3. The lowest BCUT2D eigenvalue weighted by molar-refractivity contribution is -0.142. The van der Waals surface area contributed by atoms with Crippen molar-refractivity contribution in [3.8, 4) is 0 Å². The number of nitrogens with one attached hydrogen (secondary N) is 2. The zero-order valence-electron chi connectivity index (χ0n) is 21.9. The smallest absolute Gasteiger partial charge is 0.408 e. The Morgan fingerprint density at radius 3 is 2.11 bits per heavy atom. The number of carbonyl (C=O) groups is 3. The fourth-order valence-electron chi connectivity index (χ4n) is 4.26. The summed E-state index contributed by atoms with van der Waals surface area (Å²) in [7, 11) is 0. The summed E-state index contributed by atoms with van der Waals surface area (Å²) in [5.74, 6) is -0.880. The Hall–Kier alpha value is -3.39. The van der Waals surface area contributed by atoms with E-state index < -0.39 is 36.3 Å². The van der Waals surface area contributed by atoms with Crippen LogP contribution in [0.3, 0.4) is 0 Å². The second kappa shape index (κ2) is 11.1. The summed E-state index contributed by atoms with van der Waals surface area (Å²) < 4.78 is 5.29. The summed E-state index contributed by atoms with van der Waals surface area (Å²) in [4.78, 5) is 41.7. The highest BCUT2D eigenvalue weighted by atomic mass is 16.6. The number of rotatable bonds is 8. The molecule has 1 aliphatic carbocycles. The van der Waals surface area contributed by atoms with Crippen LogP contribution in [-0.2, 0) is 14.3 Å². The van der Waals surface area contributed by atoms with Crippen molar-refractivity contribution in [1.82, 2.24) is 10.2 Å². The topological polar surface area (TPSA) is 108 Å². The van der Waals surface area contributed by atoms with Crippen LogP contribution in [0, 0.1) is 20.8 Å². The van der Waals surface area contributed by atoms with Crippen molar-refractivity contribution in [1.29, 1.82) is 0 Å². The minimum absolute atomic E-state index is 0.182. The van der Waals surface area contributed by atoms with E-state index in [9.17, 15) is 19.5 Å². The van der Waals surface area contributed by atoms with E-state index >= 15 is 0 Å². The molecule has 2 atom stereocenters. The first-order chi connectivity index (χ1) is 16.9. The molecule has 0 saturated heterocycles. The van der Waals surface area contributed by atoms with Crippen molar-refractivity contribution < 1.29 is 24.2 Å². The molecule has 0 aromatic heterocycles. The molecule has 3 amide bonds. The maximum Gasteiger partial charge on any atom is 0.408 e. The van der Waals surface area contributed by atoms with E-state index in [0.717, 1.165) is 35.1 Å². The largest absolute Gasteiger partial charge is 0.444 e. The number of alkyl carbamates (subject to hydrolysis) is 1. The molecule has 2 unspecified atom stereocenters. The van der Waals surface area contributed by atoms with Crippen molar-refractivity contribution in [3.63, 3.8) is 0 Å². The van der Waals surface area contributed by atoms with E-state index in [1.54, 1.807) is 20.8 Å². The molecule has 0 spiro atoms. The molecule has 0 radical (unpaired) electrons. The number of hydrogen-bond donors (Lipinski definition) is 3. The molecule has 2 aromatic carbocycles. The van der Waals surface area contributed by atoms with Gasteiger partial charge in [0.15, 0.2) is 0 Å². The second-order valence-corrected chi connectivity index (χ2v) is 10.4. The maximum atomic E-state index is 13.9. The zero-order chi connectivity index (χ0) is 26.6. The highest BCUT2D eigenvalue weighted by Gasteiger charge is 2.44. The van der Waals surface area contributed by atoms with Gasteiger partial charge < -0.3 is 25.4 Å². The number of nitrogens with zero attached hydrogens (tertiary/aromatic N) is 1. The van der Waals surface area contributed by atoms with Gasteiger partial charge in [-0.25, -0.2) is 4.79 Å². The number of amides is 3. The van der Waals surface area contributed by atoms with Gasteiger partial charge >= 0.3 is 6.09 Å². The number of aliphatic hydroxyl groups is 1. The minimum atomic E-state index is -1.25. The van der Waals surface area contributed by atoms with Gasteiger partial charge in [-0.15, -0.1) is 0 Å². The highest BCUT2D eigenvalue weighted by Crippen LogP contribution is 2.38. The molecule has 8 nitrogen and oxygen atoms in total. The quantitative estimate of drug-likeness (QED) is 0.510. The predicted molar refractivity (Wildman–Crippen MR) is 139 cm³/mol. The molecule has 8 heteroatoms. The van der Waals surface area contributed by atoms with E-state index in [4.69, 9.17) is 4.74 Å². The standard InChI is InChI=1S/C28H37N3O5/c1-17-10-7-8-13-21(17)29-25(33)24(23-18(2)11-9-12-19(23)3)31(20-14-15-20)26(34)22(16-32)30-27(35)36-28(4,5)6/h7-13,20,22,24,32H,14-16H2,1-6H3,(H,29,33)(H,30,35). The summed E-state index contributed by atoms with van der Waals surface area (Å²) in [6.07, 6.45) is 0.656. The van der Waals surface area contributed by atoms with Crippen molar-refractivity contribution in [2.24, 2.45) is 0 Å². The maximum absolute atomic E-state index is 13.9. The van der Waals surface area contributed by atoms with E-state index in [1.165, 1.54) is 4.90 Å². The second-order valence-electron chi connectivity index (χ2n) is 10.4. The third kappa shape index (κ3) is 6.63. The number of para-hydroxylation sites is 1. The molecule has 2 aromatic rings. The summed E-state index contributed by atoms with van der Waals surface area (Å²) in [5.41, 5.74) is 3.27. The summed E-state index contributed by atoms with van der Waals surface area (Å²) in [6.45, 7) is 10.2. The third-order valence-corrected chi connectivity index (χ3v) is 6.11. The monoisotopic (exact) mass is 495 g/mol. The molecule has 1 saturated carbocycles. The van der Waals surface area contributed by atoms with Gasteiger partial charge in [-0.1, -0.05) is 36.4 Å². The SMILES string of the molecule is Cc1ccccc1NC(=O)C(c1c(C)cccc1C)N(C(=O)C(CO)NC(=O)OC(C)(C)C)C1CC1. The molecule has 3 rings (SSSR count). The molecule has 3 N–H and O–H groups in total. The molecule has 0 bridgehead atoms. The number of hydrogen-bond acceptors (Lipinski definition) is 5. The zero-order valence-corrected chi connectivity index (χ0v) is 21.9. The van der Waals surface area contributed by atoms with Crippen LogP contribution in [0.5, 0.6) is 0 Å². The summed E-state index contributed by atoms with van der Waals surface area (Å²) >= 11 is 0. The van der Waals surface area contributed by atoms with Crippen LogP contribution < -0.4 is 10.6 Å². The van der Waals surface area contributed by atoms with Crippen LogP contribution >= 0.6 is 0 Å². The number of carbonyl (C=O) groups excluding carboxylic acids is 3. The van der Waals surface area contributed by atoms with Gasteiger partial charge in [-0.3, -0.25) is 9.59 Å². The Morgan fingerprint density at radius 2 is 1.58 bits per heavy atom. The Balaban J connectivity index is 2.01. The van der Waals surface area contributed by atoms with Crippen molar-refractivity contribution >= 4 is 23.6 Å². The Kier molecular flexibility index (Phi) is 8.40. The molecule has 0 aliphatic heterocycles. The van der Waals surface area contributed by atoms with Gasteiger partial charge in [0.1, 0.15) is 17.7 Å². The van der Waals surface area contributed by atoms with Crippen LogP contribution in [0.2, 0.25) is 0 Å². The van der Waals surface area contributed by atoms with E-state index in [0.29, 0.717) is 5.69 Å². The summed E-state index contributed by atoms with van der Waals surface area (Å²) in [6, 6.07) is 10.8. The van der Waals surface area contributed by atoms with E-state index in [2.05, 4.69) is 10.6 Å². The predicted octanol–water partition coefficient (Wildman–Crippen LogP) is 4.17. The van der Waals surface area contributed by atoms with Crippen molar-refractivity contribution in [3.05, 3.63) is 64.7 Å². The molecular weight excluding hydrogens is 458 g/mol. The lowest BCUT2D eigenvalue weighted by atomic mass is 9.93. The lowest BCUT2D eigenvalue weighted by Gasteiger charge is -2.35. The first kappa shape index (κ1) is 27.2. The average molecular weight is 496 g/mol. The molecule has 1 aliphatic rings. The molecule has 194 valence electrons. The van der Waals surface area contributed by atoms with E-state index in [-0.39, 0.29) is 11.9 Å². The lowest BCUT2D eigenvalue weighted by Crippen LogP contribution is -2.54. The van der Waals surface area contributed by atoms with E-state index in [1.807, 2.05) is 63.2 Å². The molecular formula is C28H37N3O5. The number of ether oxygens (including phenoxy) is 1. The van der Waals surface area contributed by atoms with Crippen molar-refractivity contribution in [2.75, 3.05) is 11.9 Å². The van der Waals surface area contributed by atoms with Gasteiger partial charge in [0, 0.05) is 11.7 Å². The van der Waals surface area contributed by atoms with Crippen LogP contribution in [0.4, 0.5) is 10.5 Å². The Bertz CT molecular complexity index is 1100. The van der Waals surface area contributed by atoms with Crippen LogP contribution in [-0.4, -0.2) is 52.2 Å². The summed E-state index contributed by atoms with van der Waals surface area (Å²) in [5, 5.41) is 15.5. The average Bonchev–Trinajstić information content (AvgIpc) is 3.61. The fraction of sp³-hybridized carbons (Fsp3) is 0.464. The number of aliphatic hydroxyl groups excluding tert-OH is 1. The van der Waals surface area contributed by atoms with Crippen molar-refractivity contribution in [2.45, 2.75) is 78.1 Å². The number of anilines is 1. The minimum Gasteiger partial charge on any atom is -0.444 e. The molecule has 0 heterocycles. The Labute approximate surface area is 213 Å². The Morgan fingerprint density at radius 1 is 1.00 bits per heavy atom. The number of benzene rings is 2. The molecule has 1 fully saturated rings. The third-order valence-electron chi connectivity index (χ3n) is 6.11. The van der Waals surface area contributed by atoms with Gasteiger partial charge in [0.25, 0.3) is 5.91 Å². The fourth-order valence-corrected chi connectivity index (χ4v) is 4.26. The van der Waals surface area contributed by atoms with Crippen LogP contribution in [0.25, 0.3) is 0 Å². The van der Waals surface area contributed by atoms with Gasteiger partial charge in [-0.05, 0) is 82.7 Å². The van der Waals surface area contributed by atoms with Crippen LogP contribution in [0.15, 0.2) is 42.5 Å². The normalized spacial score (nSPS) is 15.0.